The predicted octanol–water partition coefficient (Wildman–Crippen LogP) is 5.60. The Morgan fingerprint density at radius 1 is 0.903 bits per heavy atom. The number of benzene rings is 3. The molecule has 152 valence electrons. The van der Waals surface area contributed by atoms with Gasteiger partial charge in [0.15, 0.2) is 0 Å². The van der Waals surface area contributed by atoms with Crippen molar-refractivity contribution in [3.05, 3.63) is 102 Å². The molecule has 0 fully saturated rings. The van der Waals surface area contributed by atoms with Crippen LogP contribution in [0, 0.1) is 11.3 Å². The van der Waals surface area contributed by atoms with E-state index < -0.39 is 10.8 Å². The molecular weight excluding hydrogens is 404 g/mol. The Bertz CT molecular complexity index is 1250. The third-order valence-corrected chi connectivity index (χ3v) is 6.25. The topological polar surface area (TPSA) is 63.0 Å². The van der Waals surface area contributed by atoms with Gasteiger partial charge in [-0.2, -0.15) is 5.26 Å². The zero-order valence-corrected chi connectivity index (χ0v) is 17.8. The second kappa shape index (κ2) is 9.38. The zero-order valence-electron chi connectivity index (χ0n) is 17.0. The number of pyridine rings is 1. The molecule has 0 N–H and O–H groups in total. The van der Waals surface area contributed by atoms with E-state index in [1.807, 2.05) is 91.0 Å². The number of hydrogen-bond donors (Lipinski definition) is 0. The highest BCUT2D eigenvalue weighted by molar-refractivity contribution is 7.84. The van der Waals surface area contributed by atoms with Crippen molar-refractivity contribution in [2.75, 3.05) is 7.11 Å². The molecule has 4 rings (SSSR count). The molecule has 0 bridgehead atoms. The molecule has 4 nitrogen and oxygen atoms in total. The van der Waals surface area contributed by atoms with Crippen molar-refractivity contribution >= 4 is 10.8 Å². The quantitative estimate of drug-likeness (QED) is 0.404. The summed E-state index contributed by atoms with van der Waals surface area (Å²) in [6, 6.07) is 30.9. The first-order valence-corrected chi connectivity index (χ1v) is 11.1. The molecule has 0 saturated carbocycles. The summed E-state index contributed by atoms with van der Waals surface area (Å²) in [4.78, 5) is 4.69. The fourth-order valence-electron chi connectivity index (χ4n) is 3.34. The average molecular weight is 425 g/mol. The van der Waals surface area contributed by atoms with Gasteiger partial charge in [0.05, 0.1) is 34.9 Å². The molecule has 0 aliphatic carbocycles. The summed E-state index contributed by atoms with van der Waals surface area (Å²) in [5, 5.41) is 10.3. The maximum Gasteiger partial charge on any atom is 0.146 e. The van der Waals surface area contributed by atoms with Crippen LogP contribution in [0.5, 0.6) is 5.75 Å². The molecule has 0 aliphatic rings. The molecular formula is C26H20N2O2S. The third-order valence-electron chi connectivity index (χ3n) is 4.92. The van der Waals surface area contributed by atoms with Crippen LogP contribution in [0.15, 0.2) is 96.0 Å². The molecule has 0 unspecified atom stereocenters. The molecule has 31 heavy (non-hydrogen) atoms. The van der Waals surface area contributed by atoms with Crippen LogP contribution in [-0.2, 0) is 16.6 Å². The molecule has 0 saturated heterocycles. The van der Waals surface area contributed by atoms with E-state index in [0.717, 1.165) is 28.0 Å². The van der Waals surface area contributed by atoms with Gasteiger partial charge in [0.2, 0.25) is 0 Å². The lowest BCUT2D eigenvalue weighted by atomic mass is 9.99. The minimum absolute atomic E-state index is 0.294. The van der Waals surface area contributed by atoms with Gasteiger partial charge in [-0.15, -0.1) is 0 Å². The van der Waals surface area contributed by atoms with Crippen molar-refractivity contribution in [3.8, 4) is 34.2 Å². The highest BCUT2D eigenvalue weighted by atomic mass is 32.2. The number of methoxy groups -OCH3 is 1. The van der Waals surface area contributed by atoms with Crippen molar-refractivity contribution in [1.29, 1.82) is 5.26 Å². The fraction of sp³-hybridized carbons (Fsp3) is 0.0769. The Morgan fingerprint density at radius 3 is 2.16 bits per heavy atom. The van der Waals surface area contributed by atoms with Gasteiger partial charge in [-0.3, -0.25) is 4.21 Å². The number of aromatic nitrogens is 1. The standard InChI is InChI=1S/C26H20N2O2S/c1-30-22-14-12-21(13-15-22)25-16-23(20-10-6-3-7-11-20)24(17-27)26(28-25)31(29)18-19-8-4-2-5-9-19/h2-16H,18H2,1H3/t31-/m1/s1. The number of ether oxygens (including phenoxy) is 1. The number of nitrogens with zero attached hydrogens (tertiary/aromatic N) is 2. The van der Waals surface area contributed by atoms with E-state index in [1.54, 1.807) is 7.11 Å². The molecule has 0 spiro atoms. The van der Waals surface area contributed by atoms with Crippen molar-refractivity contribution in [2.45, 2.75) is 10.8 Å². The van der Waals surface area contributed by atoms with E-state index in [1.165, 1.54) is 0 Å². The lowest BCUT2D eigenvalue weighted by Crippen LogP contribution is -2.05. The Hall–Kier alpha value is -3.75. The Morgan fingerprint density at radius 2 is 1.55 bits per heavy atom. The first-order chi connectivity index (χ1) is 15.2. The molecule has 0 amide bonds. The highest BCUT2D eigenvalue weighted by Gasteiger charge is 2.20. The normalized spacial score (nSPS) is 11.5. The van der Waals surface area contributed by atoms with Gasteiger partial charge >= 0.3 is 0 Å². The molecule has 1 aromatic heterocycles. The van der Waals surface area contributed by atoms with Gasteiger partial charge in [0.25, 0.3) is 0 Å². The van der Waals surface area contributed by atoms with Crippen LogP contribution in [0.4, 0.5) is 0 Å². The Kier molecular flexibility index (Phi) is 6.21. The molecule has 4 aromatic rings. The SMILES string of the molecule is COc1ccc(-c2cc(-c3ccccc3)c(C#N)c([S@](=O)Cc3ccccc3)n2)cc1. The Balaban J connectivity index is 1.87. The molecule has 5 heteroatoms. The monoisotopic (exact) mass is 424 g/mol. The van der Waals surface area contributed by atoms with E-state index in [-0.39, 0.29) is 0 Å². The number of rotatable bonds is 6. The summed E-state index contributed by atoms with van der Waals surface area (Å²) in [6.45, 7) is 0. The minimum atomic E-state index is -1.48. The highest BCUT2D eigenvalue weighted by Crippen LogP contribution is 2.32. The molecule has 0 radical (unpaired) electrons. The van der Waals surface area contributed by atoms with Crippen molar-refractivity contribution in [2.24, 2.45) is 0 Å². The van der Waals surface area contributed by atoms with Gasteiger partial charge in [-0.25, -0.2) is 4.98 Å². The van der Waals surface area contributed by atoms with Gasteiger partial charge in [0.1, 0.15) is 16.8 Å². The summed E-state index contributed by atoms with van der Waals surface area (Å²) in [7, 11) is 0.140. The van der Waals surface area contributed by atoms with E-state index in [0.29, 0.717) is 22.0 Å². The summed E-state index contributed by atoms with van der Waals surface area (Å²) in [5.41, 5.74) is 4.41. The van der Waals surface area contributed by atoms with E-state index in [2.05, 4.69) is 11.1 Å². The summed E-state index contributed by atoms with van der Waals surface area (Å²) in [6.07, 6.45) is 0. The van der Waals surface area contributed by atoms with Crippen molar-refractivity contribution in [1.82, 2.24) is 4.98 Å². The van der Waals surface area contributed by atoms with Crippen LogP contribution in [0.25, 0.3) is 22.4 Å². The van der Waals surface area contributed by atoms with Gasteiger partial charge in [-0.05, 0) is 41.5 Å². The maximum absolute atomic E-state index is 13.3. The molecule has 0 aliphatic heterocycles. The van der Waals surface area contributed by atoms with E-state index >= 15 is 0 Å². The summed E-state index contributed by atoms with van der Waals surface area (Å²) in [5.74, 6) is 1.04. The predicted molar refractivity (Wildman–Crippen MR) is 123 cm³/mol. The van der Waals surface area contributed by atoms with Crippen LogP contribution >= 0.6 is 0 Å². The first kappa shape index (κ1) is 20.5. The smallest absolute Gasteiger partial charge is 0.146 e. The number of nitriles is 1. The molecule has 1 atom stereocenters. The van der Waals surface area contributed by atoms with Crippen LogP contribution < -0.4 is 4.74 Å². The lowest BCUT2D eigenvalue weighted by Gasteiger charge is -2.13. The molecule has 3 aromatic carbocycles. The second-order valence-electron chi connectivity index (χ2n) is 6.92. The third kappa shape index (κ3) is 4.55. The van der Waals surface area contributed by atoms with Gasteiger partial charge < -0.3 is 4.74 Å². The summed E-state index contributed by atoms with van der Waals surface area (Å²) >= 11 is 0. The summed E-state index contributed by atoms with van der Waals surface area (Å²) < 4.78 is 18.6. The van der Waals surface area contributed by atoms with Crippen LogP contribution in [0.1, 0.15) is 11.1 Å². The van der Waals surface area contributed by atoms with Gasteiger partial charge in [0, 0.05) is 11.1 Å². The second-order valence-corrected chi connectivity index (χ2v) is 8.28. The number of hydrogen-bond acceptors (Lipinski definition) is 4. The first-order valence-electron chi connectivity index (χ1n) is 9.77. The van der Waals surface area contributed by atoms with Gasteiger partial charge in [-0.1, -0.05) is 60.7 Å². The lowest BCUT2D eigenvalue weighted by molar-refractivity contribution is 0.415. The van der Waals surface area contributed by atoms with Crippen LogP contribution in [0.2, 0.25) is 0 Å². The van der Waals surface area contributed by atoms with E-state index in [9.17, 15) is 9.47 Å². The van der Waals surface area contributed by atoms with Crippen LogP contribution in [-0.4, -0.2) is 16.3 Å². The van der Waals surface area contributed by atoms with E-state index in [4.69, 9.17) is 4.74 Å². The van der Waals surface area contributed by atoms with Crippen molar-refractivity contribution < 1.29 is 8.95 Å². The minimum Gasteiger partial charge on any atom is -0.497 e. The van der Waals surface area contributed by atoms with Crippen molar-refractivity contribution in [3.63, 3.8) is 0 Å². The fourth-order valence-corrected chi connectivity index (χ4v) is 4.56. The average Bonchev–Trinajstić information content (AvgIpc) is 2.84. The maximum atomic E-state index is 13.3. The molecule has 1 heterocycles. The Labute approximate surface area is 184 Å². The largest absolute Gasteiger partial charge is 0.497 e. The van der Waals surface area contributed by atoms with Crippen LogP contribution in [0.3, 0.4) is 0 Å². The zero-order chi connectivity index (χ0) is 21.6.